The van der Waals surface area contributed by atoms with Gasteiger partial charge in [-0.25, -0.2) is 0 Å². The largest absolute Gasteiger partial charge is 0.396 e. The van der Waals surface area contributed by atoms with Gasteiger partial charge in [0.25, 0.3) is 0 Å². The van der Waals surface area contributed by atoms with Crippen LogP contribution in [0.1, 0.15) is 36.9 Å². The molecule has 4 heteroatoms. The van der Waals surface area contributed by atoms with Gasteiger partial charge in [-0.3, -0.25) is 4.68 Å². The van der Waals surface area contributed by atoms with E-state index in [1.807, 2.05) is 17.9 Å². The summed E-state index contributed by atoms with van der Waals surface area (Å²) in [7, 11) is 1.98. The number of aryl methyl sites for hydroxylation is 1. The Balaban J connectivity index is 1.78. The molecule has 0 saturated heterocycles. The SMILES string of the molecule is Cc1c(CNC2CCC(CO)CC2)cnn1C. The Bertz CT molecular complexity index is 354. The quantitative estimate of drug-likeness (QED) is 0.831. The third-order valence-electron chi connectivity index (χ3n) is 4.02. The van der Waals surface area contributed by atoms with E-state index in [9.17, 15) is 0 Å². The number of rotatable bonds is 4. The molecule has 17 heavy (non-hydrogen) atoms. The third-order valence-corrected chi connectivity index (χ3v) is 4.02. The number of hydrogen-bond donors (Lipinski definition) is 2. The van der Waals surface area contributed by atoms with Crippen molar-refractivity contribution in [2.45, 2.75) is 45.2 Å². The van der Waals surface area contributed by atoms with Gasteiger partial charge >= 0.3 is 0 Å². The monoisotopic (exact) mass is 237 g/mol. The van der Waals surface area contributed by atoms with E-state index < -0.39 is 0 Å². The van der Waals surface area contributed by atoms with Crippen molar-refractivity contribution in [3.8, 4) is 0 Å². The molecule has 0 unspecified atom stereocenters. The first-order valence-corrected chi connectivity index (χ1v) is 6.52. The Hall–Kier alpha value is -0.870. The van der Waals surface area contributed by atoms with E-state index in [-0.39, 0.29) is 0 Å². The summed E-state index contributed by atoms with van der Waals surface area (Å²) < 4.78 is 1.92. The van der Waals surface area contributed by atoms with Crippen molar-refractivity contribution in [3.63, 3.8) is 0 Å². The number of aromatic nitrogens is 2. The molecule has 0 aliphatic heterocycles. The van der Waals surface area contributed by atoms with Gasteiger partial charge in [0.15, 0.2) is 0 Å². The molecule has 1 fully saturated rings. The lowest BCUT2D eigenvalue weighted by Gasteiger charge is -2.28. The predicted octanol–water partition coefficient (Wildman–Crippen LogP) is 1.37. The molecule has 96 valence electrons. The number of hydrogen-bond acceptors (Lipinski definition) is 3. The van der Waals surface area contributed by atoms with E-state index in [0.717, 1.165) is 19.4 Å². The summed E-state index contributed by atoms with van der Waals surface area (Å²) in [4.78, 5) is 0. The summed E-state index contributed by atoms with van der Waals surface area (Å²) in [5.41, 5.74) is 2.53. The van der Waals surface area contributed by atoms with Crippen LogP contribution in [0.3, 0.4) is 0 Å². The molecule has 4 nitrogen and oxygen atoms in total. The predicted molar refractivity (Wildman–Crippen MR) is 67.6 cm³/mol. The van der Waals surface area contributed by atoms with Crippen molar-refractivity contribution in [1.29, 1.82) is 0 Å². The molecule has 2 N–H and O–H groups in total. The zero-order chi connectivity index (χ0) is 12.3. The van der Waals surface area contributed by atoms with E-state index in [2.05, 4.69) is 17.3 Å². The summed E-state index contributed by atoms with van der Waals surface area (Å²) in [6.07, 6.45) is 6.62. The average Bonchev–Trinajstić information content (AvgIpc) is 2.68. The Morgan fingerprint density at radius 2 is 2.12 bits per heavy atom. The molecule has 1 heterocycles. The Morgan fingerprint density at radius 1 is 1.41 bits per heavy atom. The number of aliphatic hydroxyl groups excluding tert-OH is 1. The molecule has 1 aliphatic carbocycles. The zero-order valence-corrected chi connectivity index (χ0v) is 10.8. The van der Waals surface area contributed by atoms with Crippen molar-refractivity contribution < 1.29 is 5.11 Å². The Morgan fingerprint density at radius 3 is 2.65 bits per heavy atom. The second kappa shape index (κ2) is 5.65. The summed E-state index contributed by atoms with van der Waals surface area (Å²) in [6, 6.07) is 0.609. The fourth-order valence-corrected chi connectivity index (χ4v) is 2.52. The summed E-state index contributed by atoms with van der Waals surface area (Å²) in [5, 5.41) is 16.9. The maximum atomic E-state index is 9.09. The van der Waals surface area contributed by atoms with Crippen LogP contribution in [0.25, 0.3) is 0 Å². The molecule has 0 amide bonds. The molecule has 0 atom stereocenters. The molecule has 2 rings (SSSR count). The Labute approximate surface area is 103 Å². The lowest BCUT2D eigenvalue weighted by molar-refractivity contribution is 0.175. The minimum Gasteiger partial charge on any atom is -0.396 e. The van der Waals surface area contributed by atoms with Crippen LogP contribution in [0.4, 0.5) is 0 Å². The lowest BCUT2D eigenvalue weighted by atomic mass is 9.86. The molecule has 1 aromatic rings. The standard InChI is InChI=1S/C13H23N3O/c1-10-12(8-15-16(10)2)7-14-13-5-3-11(9-17)4-6-13/h8,11,13-14,17H,3-7,9H2,1-2H3. The lowest BCUT2D eigenvalue weighted by Crippen LogP contribution is -2.33. The van der Waals surface area contributed by atoms with Gasteiger partial charge in [0.05, 0.1) is 6.20 Å². The van der Waals surface area contributed by atoms with E-state index in [0.29, 0.717) is 18.6 Å². The van der Waals surface area contributed by atoms with E-state index in [4.69, 9.17) is 5.11 Å². The second-order valence-corrected chi connectivity index (χ2v) is 5.16. The fraction of sp³-hybridized carbons (Fsp3) is 0.769. The van der Waals surface area contributed by atoms with Crippen LogP contribution in [0, 0.1) is 12.8 Å². The number of nitrogens with zero attached hydrogens (tertiary/aromatic N) is 2. The number of aliphatic hydroxyl groups is 1. The smallest absolute Gasteiger partial charge is 0.0537 e. The summed E-state index contributed by atoms with van der Waals surface area (Å²) in [6.45, 7) is 3.37. The molecular formula is C13H23N3O. The highest BCUT2D eigenvalue weighted by Crippen LogP contribution is 2.23. The van der Waals surface area contributed by atoms with E-state index >= 15 is 0 Å². The first kappa shape index (κ1) is 12.6. The van der Waals surface area contributed by atoms with Crippen molar-refractivity contribution in [1.82, 2.24) is 15.1 Å². The maximum Gasteiger partial charge on any atom is 0.0537 e. The molecule has 0 spiro atoms. The van der Waals surface area contributed by atoms with Crippen LogP contribution in [-0.4, -0.2) is 27.5 Å². The minimum atomic E-state index is 0.356. The van der Waals surface area contributed by atoms with E-state index in [1.165, 1.54) is 24.1 Å². The highest BCUT2D eigenvalue weighted by molar-refractivity contribution is 5.15. The van der Waals surface area contributed by atoms with Gasteiger partial charge in [-0.1, -0.05) is 0 Å². The first-order chi connectivity index (χ1) is 8.20. The van der Waals surface area contributed by atoms with Gasteiger partial charge < -0.3 is 10.4 Å². The van der Waals surface area contributed by atoms with Crippen LogP contribution >= 0.6 is 0 Å². The molecule has 1 aromatic heterocycles. The van der Waals surface area contributed by atoms with Gasteiger partial charge in [0, 0.05) is 37.5 Å². The highest BCUT2D eigenvalue weighted by atomic mass is 16.3. The minimum absolute atomic E-state index is 0.356. The Kier molecular flexibility index (Phi) is 4.18. The summed E-state index contributed by atoms with van der Waals surface area (Å²) >= 11 is 0. The topological polar surface area (TPSA) is 50.1 Å². The molecule has 0 bridgehead atoms. The number of nitrogens with one attached hydrogen (secondary N) is 1. The van der Waals surface area contributed by atoms with Crippen molar-refractivity contribution in [3.05, 3.63) is 17.5 Å². The van der Waals surface area contributed by atoms with Gasteiger partial charge in [-0.2, -0.15) is 5.10 Å². The first-order valence-electron chi connectivity index (χ1n) is 6.52. The molecule has 0 aromatic carbocycles. The zero-order valence-electron chi connectivity index (χ0n) is 10.8. The van der Waals surface area contributed by atoms with Crippen LogP contribution in [0.15, 0.2) is 6.20 Å². The van der Waals surface area contributed by atoms with Crippen molar-refractivity contribution >= 4 is 0 Å². The van der Waals surface area contributed by atoms with E-state index in [1.54, 1.807) is 0 Å². The van der Waals surface area contributed by atoms with Crippen LogP contribution in [0.2, 0.25) is 0 Å². The van der Waals surface area contributed by atoms with Crippen molar-refractivity contribution in [2.24, 2.45) is 13.0 Å². The molecular weight excluding hydrogens is 214 g/mol. The third kappa shape index (κ3) is 3.07. The van der Waals surface area contributed by atoms with Gasteiger partial charge in [-0.05, 0) is 38.5 Å². The van der Waals surface area contributed by atoms with Crippen LogP contribution in [0.5, 0.6) is 0 Å². The van der Waals surface area contributed by atoms with Gasteiger partial charge in [0.2, 0.25) is 0 Å². The van der Waals surface area contributed by atoms with Crippen molar-refractivity contribution in [2.75, 3.05) is 6.61 Å². The maximum absolute atomic E-state index is 9.09. The second-order valence-electron chi connectivity index (χ2n) is 5.16. The highest BCUT2D eigenvalue weighted by Gasteiger charge is 2.20. The molecule has 1 aliphatic rings. The molecule has 1 saturated carbocycles. The van der Waals surface area contributed by atoms with Gasteiger partial charge in [-0.15, -0.1) is 0 Å². The fourth-order valence-electron chi connectivity index (χ4n) is 2.52. The van der Waals surface area contributed by atoms with Gasteiger partial charge in [0.1, 0.15) is 0 Å². The van der Waals surface area contributed by atoms with Crippen LogP contribution in [-0.2, 0) is 13.6 Å². The average molecular weight is 237 g/mol. The normalized spacial score (nSPS) is 25.1. The molecule has 0 radical (unpaired) electrons. The summed E-state index contributed by atoms with van der Waals surface area (Å²) in [5.74, 6) is 0.535. The van der Waals surface area contributed by atoms with Crippen LogP contribution < -0.4 is 5.32 Å².